The maximum absolute atomic E-state index is 13.0. The summed E-state index contributed by atoms with van der Waals surface area (Å²) in [6.45, 7) is 2.21. The molecule has 2 atom stereocenters. The molecule has 0 amide bonds. The number of rotatable bonds is 4. The van der Waals surface area contributed by atoms with Crippen molar-refractivity contribution < 1.29 is 18.7 Å². The maximum Gasteiger partial charge on any atom is 0.226 e. The summed E-state index contributed by atoms with van der Waals surface area (Å²) in [6.07, 6.45) is 3.32. The molecule has 1 aliphatic rings. The van der Waals surface area contributed by atoms with Crippen LogP contribution in [0.15, 0.2) is 28.7 Å². The SMILES string of the molecule is Cc1oc(-c2ccc(F)cc2)nc1CO[C@@H]1CCC[C@H](O)C1. The highest BCUT2D eigenvalue weighted by Gasteiger charge is 2.21. The molecule has 0 aliphatic heterocycles. The molecule has 5 heteroatoms. The molecule has 2 aromatic rings. The molecule has 1 aliphatic carbocycles. The van der Waals surface area contributed by atoms with Crippen molar-refractivity contribution in [3.8, 4) is 11.5 Å². The van der Waals surface area contributed by atoms with Gasteiger partial charge < -0.3 is 14.3 Å². The van der Waals surface area contributed by atoms with Crippen molar-refractivity contribution in [1.82, 2.24) is 4.98 Å². The van der Waals surface area contributed by atoms with Crippen LogP contribution in [0.3, 0.4) is 0 Å². The lowest BCUT2D eigenvalue weighted by molar-refractivity contribution is -0.0240. The number of oxazole rings is 1. The Morgan fingerprint density at radius 3 is 2.82 bits per heavy atom. The van der Waals surface area contributed by atoms with Gasteiger partial charge in [0.2, 0.25) is 5.89 Å². The summed E-state index contributed by atoms with van der Waals surface area (Å²) in [5.74, 6) is 0.891. The molecule has 118 valence electrons. The number of hydrogen-bond acceptors (Lipinski definition) is 4. The van der Waals surface area contributed by atoms with Crippen LogP contribution in [0.4, 0.5) is 4.39 Å². The first-order valence-electron chi connectivity index (χ1n) is 7.63. The first kappa shape index (κ1) is 15.2. The highest BCUT2D eigenvalue weighted by Crippen LogP contribution is 2.25. The number of hydrogen-bond donors (Lipinski definition) is 1. The number of aryl methyl sites for hydroxylation is 1. The Morgan fingerprint density at radius 1 is 1.32 bits per heavy atom. The lowest BCUT2D eigenvalue weighted by Gasteiger charge is -2.25. The van der Waals surface area contributed by atoms with Crippen LogP contribution in [0.25, 0.3) is 11.5 Å². The van der Waals surface area contributed by atoms with E-state index in [0.717, 1.165) is 30.5 Å². The fourth-order valence-corrected chi connectivity index (χ4v) is 2.75. The summed E-state index contributed by atoms with van der Waals surface area (Å²) < 4.78 is 24.4. The minimum atomic E-state index is -0.286. The molecule has 1 aromatic heterocycles. The van der Waals surface area contributed by atoms with E-state index in [0.29, 0.717) is 24.7 Å². The molecule has 0 radical (unpaired) electrons. The van der Waals surface area contributed by atoms with E-state index in [-0.39, 0.29) is 18.0 Å². The number of aliphatic hydroxyl groups excluding tert-OH is 1. The second-order valence-corrected chi connectivity index (χ2v) is 5.78. The van der Waals surface area contributed by atoms with Gasteiger partial charge in [-0.1, -0.05) is 0 Å². The Labute approximate surface area is 128 Å². The van der Waals surface area contributed by atoms with Crippen LogP contribution in [-0.2, 0) is 11.3 Å². The van der Waals surface area contributed by atoms with E-state index in [2.05, 4.69) is 4.98 Å². The van der Waals surface area contributed by atoms with Crippen molar-refractivity contribution in [3.05, 3.63) is 41.5 Å². The molecule has 22 heavy (non-hydrogen) atoms. The number of aromatic nitrogens is 1. The molecular formula is C17H20FNO3. The third-order valence-corrected chi connectivity index (χ3v) is 4.04. The van der Waals surface area contributed by atoms with Crippen molar-refractivity contribution in [2.45, 2.75) is 51.4 Å². The van der Waals surface area contributed by atoms with Gasteiger partial charge in [-0.2, -0.15) is 0 Å². The molecule has 0 bridgehead atoms. The molecule has 0 spiro atoms. The third-order valence-electron chi connectivity index (χ3n) is 4.04. The van der Waals surface area contributed by atoms with Crippen molar-refractivity contribution in [1.29, 1.82) is 0 Å². The minimum absolute atomic E-state index is 0.0779. The van der Waals surface area contributed by atoms with Crippen LogP contribution >= 0.6 is 0 Å². The second kappa shape index (κ2) is 6.58. The fraction of sp³-hybridized carbons (Fsp3) is 0.471. The average molecular weight is 305 g/mol. The van der Waals surface area contributed by atoms with Crippen molar-refractivity contribution in [2.75, 3.05) is 0 Å². The topological polar surface area (TPSA) is 55.5 Å². The summed E-state index contributed by atoms with van der Waals surface area (Å²) in [6, 6.07) is 6.05. The standard InChI is InChI=1S/C17H20FNO3/c1-11-16(10-21-15-4-2-3-14(20)9-15)19-17(22-11)12-5-7-13(18)8-6-12/h5-8,14-15,20H,2-4,9-10H2,1H3/t14-,15+/m0/s1. The Kier molecular flexibility index (Phi) is 4.55. The number of halogens is 1. The minimum Gasteiger partial charge on any atom is -0.441 e. The van der Waals surface area contributed by atoms with Crippen LogP contribution in [0.1, 0.15) is 37.1 Å². The zero-order chi connectivity index (χ0) is 15.5. The van der Waals surface area contributed by atoms with E-state index >= 15 is 0 Å². The van der Waals surface area contributed by atoms with E-state index in [1.165, 1.54) is 12.1 Å². The average Bonchev–Trinajstić information content (AvgIpc) is 2.87. The smallest absolute Gasteiger partial charge is 0.226 e. The van der Waals surface area contributed by atoms with Crippen molar-refractivity contribution in [2.24, 2.45) is 0 Å². The predicted octanol–water partition coefficient (Wildman–Crippen LogP) is 3.61. The van der Waals surface area contributed by atoms with Gasteiger partial charge in [-0.15, -0.1) is 0 Å². The van der Waals surface area contributed by atoms with Crippen LogP contribution in [0.5, 0.6) is 0 Å². The molecule has 1 saturated carbocycles. The maximum atomic E-state index is 13.0. The lowest BCUT2D eigenvalue weighted by atomic mass is 9.95. The number of nitrogens with zero attached hydrogens (tertiary/aromatic N) is 1. The number of ether oxygens (including phenoxy) is 1. The van der Waals surface area contributed by atoms with Gasteiger partial charge in [0, 0.05) is 5.56 Å². The number of aliphatic hydroxyl groups is 1. The Balaban J connectivity index is 1.66. The van der Waals surface area contributed by atoms with E-state index in [1.807, 2.05) is 6.92 Å². The van der Waals surface area contributed by atoms with Gasteiger partial charge in [-0.3, -0.25) is 0 Å². The van der Waals surface area contributed by atoms with E-state index in [4.69, 9.17) is 9.15 Å². The van der Waals surface area contributed by atoms with Crippen LogP contribution < -0.4 is 0 Å². The van der Waals surface area contributed by atoms with Gasteiger partial charge in [-0.25, -0.2) is 9.37 Å². The zero-order valence-electron chi connectivity index (χ0n) is 12.6. The van der Waals surface area contributed by atoms with Gasteiger partial charge >= 0.3 is 0 Å². The Bertz CT molecular complexity index is 623. The lowest BCUT2D eigenvalue weighted by Crippen LogP contribution is -2.25. The highest BCUT2D eigenvalue weighted by molar-refractivity contribution is 5.53. The quantitative estimate of drug-likeness (QED) is 0.937. The zero-order valence-corrected chi connectivity index (χ0v) is 12.6. The van der Waals surface area contributed by atoms with Gasteiger partial charge in [0.15, 0.2) is 0 Å². The summed E-state index contributed by atoms with van der Waals surface area (Å²) in [7, 11) is 0. The number of benzene rings is 1. The third kappa shape index (κ3) is 3.54. The summed E-state index contributed by atoms with van der Waals surface area (Å²) in [4.78, 5) is 4.44. The molecule has 1 fully saturated rings. The predicted molar refractivity (Wildman–Crippen MR) is 79.7 cm³/mol. The molecule has 1 N–H and O–H groups in total. The molecular weight excluding hydrogens is 285 g/mol. The van der Waals surface area contributed by atoms with Gasteiger partial charge in [0.25, 0.3) is 0 Å². The first-order chi connectivity index (χ1) is 10.6. The van der Waals surface area contributed by atoms with Crippen LogP contribution in [-0.4, -0.2) is 22.3 Å². The van der Waals surface area contributed by atoms with Gasteiger partial charge in [-0.05, 0) is 56.9 Å². The van der Waals surface area contributed by atoms with Gasteiger partial charge in [0.05, 0.1) is 18.8 Å². The van der Waals surface area contributed by atoms with E-state index < -0.39 is 0 Å². The normalized spacial score (nSPS) is 22.0. The van der Waals surface area contributed by atoms with Crippen LogP contribution in [0, 0.1) is 12.7 Å². The molecule has 3 rings (SSSR count). The summed E-state index contributed by atoms with van der Waals surface area (Å²) >= 11 is 0. The second-order valence-electron chi connectivity index (χ2n) is 5.78. The fourth-order valence-electron chi connectivity index (χ4n) is 2.75. The van der Waals surface area contributed by atoms with E-state index in [1.54, 1.807) is 12.1 Å². The van der Waals surface area contributed by atoms with Crippen LogP contribution in [0.2, 0.25) is 0 Å². The molecule has 4 nitrogen and oxygen atoms in total. The summed E-state index contributed by atoms with van der Waals surface area (Å²) in [5, 5.41) is 9.66. The first-order valence-corrected chi connectivity index (χ1v) is 7.63. The van der Waals surface area contributed by atoms with E-state index in [9.17, 15) is 9.50 Å². The molecule has 1 aromatic carbocycles. The molecule has 1 heterocycles. The Morgan fingerprint density at radius 2 is 2.09 bits per heavy atom. The molecule has 0 unspecified atom stereocenters. The monoisotopic (exact) mass is 305 g/mol. The largest absolute Gasteiger partial charge is 0.441 e. The Hall–Kier alpha value is -1.72. The highest BCUT2D eigenvalue weighted by atomic mass is 19.1. The van der Waals surface area contributed by atoms with Crippen molar-refractivity contribution >= 4 is 0 Å². The summed E-state index contributed by atoms with van der Waals surface area (Å²) in [5.41, 5.74) is 1.49. The van der Waals surface area contributed by atoms with Gasteiger partial charge in [0.1, 0.15) is 17.3 Å². The molecule has 0 saturated heterocycles. The van der Waals surface area contributed by atoms with Crippen molar-refractivity contribution in [3.63, 3.8) is 0 Å².